The fourth-order valence-corrected chi connectivity index (χ4v) is 1.86. The van der Waals surface area contributed by atoms with Crippen molar-refractivity contribution in [3.63, 3.8) is 0 Å². The Kier molecular flexibility index (Phi) is 4.47. The highest BCUT2D eigenvalue weighted by Crippen LogP contribution is 2.19. The molecule has 0 spiro atoms. The third-order valence-electron chi connectivity index (χ3n) is 1.81. The second kappa shape index (κ2) is 5.42. The number of halogens is 1. The van der Waals surface area contributed by atoms with Crippen molar-refractivity contribution in [1.29, 1.82) is 0 Å². The molecule has 15 heavy (non-hydrogen) atoms. The van der Waals surface area contributed by atoms with Crippen molar-refractivity contribution in [2.24, 2.45) is 0 Å². The van der Waals surface area contributed by atoms with Crippen molar-refractivity contribution in [3.8, 4) is 0 Å². The SMILES string of the molecule is CC(Cl)CNC(=O)c1snnc1C(C)C. The predicted octanol–water partition coefficient (Wildman–Crippen LogP) is 2.02. The van der Waals surface area contributed by atoms with Crippen LogP contribution in [0.25, 0.3) is 0 Å². The molecule has 0 aliphatic rings. The number of aromatic nitrogens is 2. The highest BCUT2D eigenvalue weighted by atomic mass is 35.5. The number of rotatable bonds is 4. The minimum atomic E-state index is -0.138. The minimum Gasteiger partial charge on any atom is -0.350 e. The van der Waals surface area contributed by atoms with Gasteiger partial charge in [-0.25, -0.2) is 0 Å². The second-order valence-corrected chi connectivity index (χ2v) is 5.13. The summed E-state index contributed by atoms with van der Waals surface area (Å²) < 4.78 is 3.79. The van der Waals surface area contributed by atoms with Gasteiger partial charge in [0.1, 0.15) is 4.88 Å². The van der Waals surface area contributed by atoms with Crippen molar-refractivity contribution in [3.05, 3.63) is 10.6 Å². The van der Waals surface area contributed by atoms with Gasteiger partial charge in [0.25, 0.3) is 5.91 Å². The minimum absolute atomic E-state index is 0.0719. The van der Waals surface area contributed by atoms with Crippen LogP contribution in [0.1, 0.15) is 42.1 Å². The van der Waals surface area contributed by atoms with Crippen LogP contribution in [0.4, 0.5) is 0 Å². The van der Waals surface area contributed by atoms with Crippen LogP contribution in [0.5, 0.6) is 0 Å². The Balaban J connectivity index is 2.69. The molecule has 0 saturated heterocycles. The Bertz CT molecular complexity index is 338. The Hall–Kier alpha value is -0.680. The molecule has 1 unspecified atom stereocenters. The van der Waals surface area contributed by atoms with Crippen molar-refractivity contribution >= 4 is 29.0 Å². The van der Waals surface area contributed by atoms with Gasteiger partial charge in [-0.2, -0.15) is 0 Å². The summed E-state index contributed by atoms with van der Waals surface area (Å²) in [6, 6.07) is 0. The van der Waals surface area contributed by atoms with E-state index in [1.165, 1.54) is 0 Å². The van der Waals surface area contributed by atoms with E-state index in [2.05, 4.69) is 14.9 Å². The van der Waals surface area contributed by atoms with E-state index < -0.39 is 0 Å². The fraction of sp³-hybridized carbons (Fsp3) is 0.667. The van der Waals surface area contributed by atoms with E-state index in [1.807, 2.05) is 20.8 Å². The van der Waals surface area contributed by atoms with Crippen LogP contribution in [-0.2, 0) is 0 Å². The third-order valence-corrected chi connectivity index (χ3v) is 2.71. The van der Waals surface area contributed by atoms with Gasteiger partial charge in [-0.05, 0) is 24.4 Å². The summed E-state index contributed by atoms with van der Waals surface area (Å²) in [7, 11) is 0. The highest BCUT2D eigenvalue weighted by molar-refractivity contribution is 7.08. The molecule has 1 rings (SSSR count). The van der Waals surface area contributed by atoms with E-state index in [0.717, 1.165) is 17.2 Å². The lowest BCUT2D eigenvalue weighted by molar-refractivity contribution is 0.0956. The normalized spacial score (nSPS) is 12.9. The summed E-state index contributed by atoms with van der Waals surface area (Å²) in [5.74, 6) is 0.0686. The van der Waals surface area contributed by atoms with Crippen molar-refractivity contribution in [1.82, 2.24) is 14.9 Å². The first kappa shape index (κ1) is 12.4. The zero-order valence-corrected chi connectivity index (χ0v) is 10.5. The number of nitrogens with zero attached hydrogens (tertiary/aromatic N) is 2. The van der Waals surface area contributed by atoms with E-state index in [1.54, 1.807) is 0 Å². The van der Waals surface area contributed by atoms with Gasteiger partial charge in [0.15, 0.2) is 0 Å². The number of carbonyl (C=O) groups is 1. The molecule has 1 aromatic rings. The molecular formula is C9H14ClN3OS. The average molecular weight is 248 g/mol. The van der Waals surface area contributed by atoms with E-state index in [9.17, 15) is 4.79 Å². The Labute approximate surface area is 98.2 Å². The molecule has 0 aromatic carbocycles. The quantitative estimate of drug-likeness (QED) is 0.829. The summed E-state index contributed by atoms with van der Waals surface area (Å²) in [4.78, 5) is 12.3. The zero-order chi connectivity index (χ0) is 11.4. The van der Waals surface area contributed by atoms with Crippen LogP contribution in [0.3, 0.4) is 0 Å². The summed E-state index contributed by atoms with van der Waals surface area (Å²) in [6.45, 7) is 6.25. The zero-order valence-electron chi connectivity index (χ0n) is 8.95. The summed E-state index contributed by atoms with van der Waals surface area (Å²) in [5, 5.41) is 6.61. The molecule has 0 aliphatic carbocycles. The molecule has 0 radical (unpaired) electrons. The Morgan fingerprint density at radius 1 is 1.53 bits per heavy atom. The molecule has 1 N–H and O–H groups in total. The van der Waals surface area contributed by atoms with Gasteiger partial charge >= 0.3 is 0 Å². The first-order chi connectivity index (χ1) is 7.02. The van der Waals surface area contributed by atoms with E-state index >= 15 is 0 Å². The molecule has 0 fully saturated rings. The van der Waals surface area contributed by atoms with Gasteiger partial charge in [-0.3, -0.25) is 4.79 Å². The maximum absolute atomic E-state index is 11.7. The van der Waals surface area contributed by atoms with Crippen molar-refractivity contribution < 1.29 is 4.79 Å². The predicted molar refractivity (Wildman–Crippen MR) is 61.6 cm³/mol. The lowest BCUT2D eigenvalue weighted by Gasteiger charge is -2.06. The first-order valence-corrected chi connectivity index (χ1v) is 5.98. The van der Waals surface area contributed by atoms with Crippen LogP contribution in [0, 0.1) is 0 Å². The lowest BCUT2D eigenvalue weighted by Crippen LogP contribution is -2.28. The largest absolute Gasteiger partial charge is 0.350 e. The highest BCUT2D eigenvalue weighted by Gasteiger charge is 2.18. The van der Waals surface area contributed by atoms with E-state index in [-0.39, 0.29) is 17.2 Å². The van der Waals surface area contributed by atoms with Crippen LogP contribution in [-0.4, -0.2) is 27.4 Å². The van der Waals surface area contributed by atoms with Crippen LogP contribution >= 0.6 is 23.1 Å². The number of alkyl halides is 1. The molecule has 0 bridgehead atoms. The van der Waals surface area contributed by atoms with Crippen LogP contribution in [0.2, 0.25) is 0 Å². The molecule has 1 atom stereocenters. The first-order valence-electron chi connectivity index (χ1n) is 4.77. The van der Waals surface area contributed by atoms with Gasteiger partial charge in [-0.15, -0.1) is 16.7 Å². The molecule has 1 heterocycles. The average Bonchev–Trinajstić information content (AvgIpc) is 2.62. The van der Waals surface area contributed by atoms with Gasteiger partial charge in [0, 0.05) is 11.9 Å². The lowest BCUT2D eigenvalue weighted by atomic mass is 10.1. The molecule has 4 nitrogen and oxygen atoms in total. The monoisotopic (exact) mass is 247 g/mol. The number of hydrogen-bond acceptors (Lipinski definition) is 4. The van der Waals surface area contributed by atoms with Crippen LogP contribution in [0.15, 0.2) is 0 Å². The number of nitrogens with one attached hydrogen (secondary N) is 1. The van der Waals surface area contributed by atoms with Crippen LogP contribution < -0.4 is 5.32 Å². The maximum atomic E-state index is 11.7. The number of carbonyl (C=O) groups excluding carboxylic acids is 1. The maximum Gasteiger partial charge on any atom is 0.265 e. The molecule has 1 aromatic heterocycles. The van der Waals surface area contributed by atoms with Gasteiger partial charge in [-0.1, -0.05) is 18.3 Å². The number of hydrogen-bond donors (Lipinski definition) is 1. The molecule has 1 amide bonds. The van der Waals surface area contributed by atoms with Crippen molar-refractivity contribution in [2.45, 2.75) is 32.1 Å². The third kappa shape index (κ3) is 3.43. The fourth-order valence-electron chi connectivity index (χ4n) is 1.05. The van der Waals surface area contributed by atoms with Gasteiger partial charge in [0.05, 0.1) is 5.69 Å². The van der Waals surface area contributed by atoms with Gasteiger partial charge in [0.2, 0.25) is 0 Å². The van der Waals surface area contributed by atoms with Gasteiger partial charge < -0.3 is 5.32 Å². The second-order valence-electron chi connectivity index (χ2n) is 3.63. The Morgan fingerprint density at radius 2 is 2.20 bits per heavy atom. The molecular weight excluding hydrogens is 234 g/mol. The van der Waals surface area contributed by atoms with E-state index in [4.69, 9.17) is 11.6 Å². The molecule has 0 aliphatic heterocycles. The van der Waals surface area contributed by atoms with E-state index in [0.29, 0.717) is 11.4 Å². The number of amides is 1. The molecule has 84 valence electrons. The molecule has 6 heteroatoms. The smallest absolute Gasteiger partial charge is 0.265 e. The summed E-state index contributed by atoms with van der Waals surface area (Å²) in [6.07, 6.45) is 0. The molecule has 0 saturated carbocycles. The Morgan fingerprint density at radius 3 is 2.73 bits per heavy atom. The topological polar surface area (TPSA) is 54.9 Å². The summed E-state index contributed by atoms with van der Waals surface area (Å²) >= 11 is 6.86. The van der Waals surface area contributed by atoms with Crippen molar-refractivity contribution in [2.75, 3.05) is 6.54 Å². The summed E-state index contributed by atoms with van der Waals surface area (Å²) in [5.41, 5.74) is 0.750. The standard InChI is InChI=1S/C9H14ClN3OS/c1-5(2)7-8(15-13-12-7)9(14)11-4-6(3)10/h5-6H,4H2,1-3H3,(H,11,14).